The molecule has 0 aliphatic heterocycles. The van der Waals surface area contributed by atoms with Gasteiger partial charge in [0.2, 0.25) is 0 Å². The van der Waals surface area contributed by atoms with Crippen LogP contribution in [0.3, 0.4) is 0 Å². The summed E-state index contributed by atoms with van der Waals surface area (Å²) in [6.45, 7) is 0. The van der Waals surface area contributed by atoms with E-state index in [2.05, 4.69) is 17.4 Å². The van der Waals surface area contributed by atoms with E-state index in [0.717, 1.165) is 29.0 Å². The van der Waals surface area contributed by atoms with Crippen molar-refractivity contribution in [2.45, 2.75) is 43.9 Å². The van der Waals surface area contributed by atoms with Gasteiger partial charge in [-0.1, -0.05) is 54.6 Å². The van der Waals surface area contributed by atoms with Crippen LogP contribution in [0.4, 0.5) is 11.4 Å². The molecular formula is C31H30N2O3. The Labute approximate surface area is 211 Å². The SMILES string of the molecule is O=C(Nc1ccc(C23CC4CC(CC(C4)C2)C3)cc1)/C(=C/c1cccc([N+](=O)[O-])c1)c1ccccc1. The molecule has 3 aromatic rings. The van der Waals surface area contributed by atoms with Gasteiger partial charge in [-0.3, -0.25) is 14.9 Å². The third kappa shape index (κ3) is 4.34. The Hall–Kier alpha value is -3.73. The van der Waals surface area contributed by atoms with Gasteiger partial charge in [0.15, 0.2) is 0 Å². The highest BCUT2D eigenvalue weighted by molar-refractivity contribution is 6.29. The maximum Gasteiger partial charge on any atom is 0.270 e. The van der Waals surface area contributed by atoms with Crippen molar-refractivity contribution in [1.82, 2.24) is 0 Å². The predicted molar refractivity (Wildman–Crippen MR) is 142 cm³/mol. The van der Waals surface area contributed by atoms with Crippen LogP contribution in [0.1, 0.15) is 55.2 Å². The molecule has 4 fully saturated rings. The fraction of sp³-hybridized carbons (Fsp3) is 0.323. The number of nitro benzene ring substituents is 1. The highest BCUT2D eigenvalue weighted by Crippen LogP contribution is 2.60. The molecule has 0 unspecified atom stereocenters. The van der Waals surface area contributed by atoms with E-state index in [1.165, 1.54) is 56.2 Å². The van der Waals surface area contributed by atoms with Gasteiger partial charge >= 0.3 is 0 Å². The largest absolute Gasteiger partial charge is 0.322 e. The number of nitro groups is 1. The van der Waals surface area contributed by atoms with Crippen molar-refractivity contribution in [3.8, 4) is 0 Å². The van der Waals surface area contributed by atoms with E-state index in [-0.39, 0.29) is 11.6 Å². The summed E-state index contributed by atoms with van der Waals surface area (Å²) in [7, 11) is 0. The summed E-state index contributed by atoms with van der Waals surface area (Å²) in [5.41, 5.74) is 4.33. The van der Waals surface area contributed by atoms with Gasteiger partial charge in [0.05, 0.1) is 4.92 Å². The van der Waals surface area contributed by atoms with Crippen molar-refractivity contribution in [1.29, 1.82) is 0 Å². The Bertz CT molecular complexity index is 1290. The van der Waals surface area contributed by atoms with Crippen LogP contribution in [-0.2, 0) is 10.2 Å². The summed E-state index contributed by atoms with van der Waals surface area (Å²) in [5.74, 6) is 2.43. The number of anilines is 1. The monoisotopic (exact) mass is 478 g/mol. The number of carbonyl (C=O) groups is 1. The normalized spacial score (nSPS) is 26.6. The lowest BCUT2D eigenvalue weighted by Crippen LogP contribution is -2.48. The zero-order valence-corrected chi connectivity index (χ0v) is 20.2. The number of non-ortho nitro benzene ring substituents is 1. The zero-order chi connectivity index (χ0) is 24.7. The van der Waals surface area contributed by atoms with Crippen molar-refractivity contribution < 1.29 is 9.72 Å². The van der Waals surface area contributed by atoms with E-state index in [9.17, 15) is 14.9 Å². The quantitative estimate of drug-likeness (QED) is 0.176. The number of nitrogens with zero attached hydrogens (tertiary/aromatic N) is 1. The number of nitrogens with one attached hydrogen (secondary N) is 1. The summed E-state index contributed by atoms with van der Waals surface area (Å²) in [4.78, 5) is 24.2. The van der Waals surface area contributed by atoms with Crippen molar-refractivity contribution in [3.05, 3.63) is 106 Å². The molecule has 0 atom stereocenters. The average Bonchev–Trinajstić information content (AvgIpc) is 2.87. The standard InChI is InChI=1S/C31H30N2O3/c34-30(29(25-6-2-1-3-7-25)17-21-5-4-8-28(16-21)33(35)36)32-27-11-9-26(10-12-27)31-18-22-13-23(19-31)15-24(14-22)20-31/h1-12,16-17,22-24H,13-15,18-20H2,(H,32,34)/b29-17+. The maximum absolute atomic E-state index is 13.4. The van der Waals surface area contributed by atoms with E-state index in [1.807, 2.05) is 42.5 Å². The molecule has 3 aromatic carbocycles. The van der Waals surface area contributed by atoms with Crippen LogP contribution >= 0.6 is 0 Å². The number of benzene rings is 3. The van der Waals surface area contributed by atoms with E-state index < -0.39 is 4.92 Å². The summed E-state index contributed by atoms with van der Waals surface area (Å²) >= 11 is 0. The minimum Gasteiger partial charge on any atom is -0.322 e. The molecule has 0 radical (unpaired) electrons. The Morgan fingerprint density at radius 3 is 2.11 bits per heavy atom. The van der Waals surface area contributed by atoms with Gasteiger partial charge in [-0.05, 0) is 96.6 Å². The molecule has 0 aromatic heterocycles. The van der Waals surface area contributed by atoms with E-state index >= 15 is 0 Å². The van der Waals surface area contributed by atoms with Gasteiger partial charge in [0, 0.05) is 23.4 Å². The first kappa shape index (κ1) is 22.7. The zero-order valence-electron chi connectivity index (χ0n) is 20.2. The lowest BCUT2D eigenvalue weighted by Gasteiger charge is -2.57. The number of amides is 1. The molecule has 4 aliphatic carbocycles. The van der Waals surface area contributed by atoms with Crippen LogP contribution in [0.15, 0.2) is 78.9 Å². The highest BCUT2D eigenvalue weighted by atomic mass is 16.6. The molecular weight excluding hydrogens is 448 g/mol. The minimum atomic E-state index is -0.426. The highest BCUT2D eigenvalue weighted by Gasteiger charge is 2.51. The van der Waals surface area contributed by atoms with Crippen LogP contribution in [0.25, 0.3) is 11.6 Å². The van der Waals surface area contributed by atoms with Crippen LogP contribution in [0.5, 0.6) is 0 Å². The summed E-state index contributed by atoms with van der Waals surface area (Å²) < 4.78 is 0. The smallest absolute Gasteiger partial charge is 0.270 e. The Kier molecular flexibility index (Phi) is 5.71. The topological polar surface area (TPSA) is 72.2 Å². The van der Waals surface area contributed by atoms with Crippen LogP contribution in [0.2, 0.25) is 0 Å². The predicted octanol–water partition coefficient (Wildman–Crippen LogP) is 7.24. The van der Waals surface area contributed by atoms with Crippen LogP contribution < -0.4 is 5.32 Å². The second kappa shape index (κ2) is 9.05. The molecule has 4 saturated carbocycles. The molecule has 0 heterocycles. The summed E-state index contributed by atoms with van der Waals surface area (Å²) in [6.07, 6.45) is 9.92. The first-order valence-corrected chi connectivity index (χ1v) is 12.9. The van der Waals surface area contributed by atoms with Gasteiger partial charge in [0.1, 0.15) is 0 Å². The van der Waals surface area contributed by atoms with Gasteiger partial charge in [-0.25, -0.2) is 0 Å². The van der Waals surface area contributed by atoms with Crippen molar-refractivity contribution in [2.75, 3.05) is 5.32 Å². The lowest BCUT2D eigenvalue weighted by molar-refractivity contribution is -0.384. The second-order valence-electron chi connectivity index (χ2n) is 11.0. The number of carbonyl (C=O) groups excluding carboxylic acids is 1. The van der Waals surface area contributed by atoms with Crippen LogP contribution in [-0.4, -0.2) is 10.8 Å². The first-order chi connectivity index (χ1) is 17.5. The fourth-order valence-corrected chi connectivity index (χ4v) is 7.36. The molecule has 182 valence electrons. The molecule has 0 saturated heterocycles. The van der Waals surface area contributed by atoms with Crippen molar-refractivity contribution >= 4 is 28.9 Å². The molecule has 4 bridgehead atoms. The fourth-order valence-electron chi connectivity index (χ4n) is 7.36. The van der Waals surface area contributed by atoms with E-state index in [1.54, 1.807) is 18.2 Å². The molecule has 7 rings (SSSR count). The van der Waals surface area contributed by atoms with Crippen molar-refractivity contribution in [3.63, 3.8) is 0 Å². The molecule has 1 amide bonds. The third-order valence-electron chi connectivity index (χ3n) is 8.51. The third-order valence-corrected chi connectivity index (χ3v) is 8.51. The maximum atomic E-state index is 13.4. The Morgan fingerprint density at radius 2 is 1.50 bits per heavy atom. The first-order valence-electron chi connectivity index (χ1n) is 12.9. The number of hydrogen-bond donors (Lipinski definition) is 1. The van der Waals surface area contributed by atoms with Crippen molar-refractivity contribution in [2.24, 2.45) is 17.8 Å². The van der Waals surface area contributed by atoms with Gasteiger partial charge < -0.3 is 5.32 Å². The second-order valence-corrected chi connectivity index (χ2v) is 11.0. The molecule has 5 heteroatoms. The van der Waals surface area contributed by atoms with Crippen LogP contribution in [0, 0.1) is 27.9 Å². The molecule has 36 heavy (non-hydrogen) atoms. The number of rotatable bonds is 6. The molecule has 5 nitrogen and oxygen atoms in total. The van der Waals surface area contributed by atoms with E-state index in [4.69, 9.17) is 0 Å². The van der Waals surface area contributed by atoms with Gasteiger partial charge in [0.25, 0.3) is 11.6 Å². The van der Waals surface area contributed by atoms with Gasteiger partial charge in [-0.15, -0.1) is 0 Å². The molecule has 4 aliphatic rings. The number of hydrogen-bond acceptors (Lipinski definition) is 3. The lowest BCUT2D eigenvalue weighted by atomic mass is 9.48. The minimum absolute atomic E-state index is 0.00293. The molecule has 0 spiro atoms. The summed E-state index contributed by atoms with van der Waals surface area (Å²) in [5, 5.41) is 14.3. The average molecular weight is 479 g/mol. The summed E-state index contributed by atoms with van der Waals surface area (Å²) in [6, 6.07) is 24.2. The Morgan fingerprint density at radius 1 is 0.861 bits per heavy atom. The van der Waals surface area contributed by atoms with Gasteiger partial charge in [-0.2, -0.15) is 0 Å². The van der Waals surface area contributed by atoms with E-state index in [0.29, 0.717) is 16.6 Å². The molecule has 1 N–H and O–H groups in total. The Balaban J connectivity index is 1.25.